The monoisotopic (exact) mass is 228 g/mol. The van der Waals surface area contributed by atoms with Crippen LogP contribution in [-0.2, 0) is 14.3 Å². The average Bonchev–Trinajstić information content (AvgIpc) is 2.35. The first-order valence-electron chi connectivity index (χ1n) is 5.00. The highest BCUT2D eigenvalue weighted by molar-refractivity contribution is 5.70. The van der Waals surface area contributed by atoms with E-state index in [-0.39, 0.29) is 25.9 Å². The molecule has 0 radical (unpaired) electrons. The van der Waals surface area contributed by atoms with Crippen LogP contribution >= 0.6 is 0 Å². The Labute approximate surface area is 94.0 Å². The quantitative estimate of drug-likeness (QED) is 0.636. The fraction of sp³-hybridized carbons (Fsp3) is 0.545. The van der Waals surface area contributed by atoms with Gasteiger partial charge in [0, 0.05) is 6.42 Å². The maximum atomic E-state index is 10.9. The molecule has 1 aliphatic rings. The van der Waals surface area contributed by atoms with E-state index in [4.69, 9.17) is 14.9 Å². The van der Waals surface area contributed by atoms with Crippen LogP contribution in [0.25, 0.3) is 0 Å². The van der Waals surface area contributed by atoms with E-state index in [1.807, 2.05) is 0 Å². The summed E-state index contributed by atoms with van der Waals surface area (Å²) in [5.41, 5.74) is 1.46. The van der Waals surface area contributed by atoms with E-state index in [0.717, 1.165) is 5.57 Å². The highest BCUT2D eigenvalue weighted by Gasteiger charge is 2.16. The molecule has 0 heterocycles. The molecule has 1 unspecified atom stereocenters. The predicted molar refractivity (Wildman–Crippen MR) is 56.7 cm³/mol. The van der Waals surface area contributed by atoms with Crippen LogP contribution in [0.5, 0.6) is 0 Å². The number of aliphatic hydroxyl groups excluding tert-OH is 2. The van der Waals surface area contributed by atoms with Gasteiger partial charge in [-0.15, -0.1) is 0 Å². The van der Waals surface area contributed by atoms with Crippen molar-refractivity contribution in [1.29, 1.82) is 0 Å². The molecule has 0 aromatic carbocycles. The second-order valence-corrected chi connectivity index (χ2v) is 3.49. The zero-order chi connectivity index (χ0) is 12.0. The molecule has 0 spiro atoms. The van der Waals surface area contributed by atoms with E-state index in [2.05, 4.69) is 4.74 Å². The van der Waals surface area contributed by atoms with Crippen molar-refractivity contribution < 1.29 is 24.5 Å². The minimum atomic E-state index is -0.445. The van der Waals surface area contributed by atoms with Crippen LogP contribution in [-0.4, -0.2) is 49.2 Å². The molecule has 0 bridgehead atoms. The normalized spacial score (nSPS) is 20.1. The molecule has 16 heavy (non-hydrogen) atoms. The zero-order valence-corrected chi connectivity index (χ0v) is 9.18. The minimum absolute atomic E-state index is 0.0740. The Kier molecular flexibility index (Phi) is 5.18. The predicted octanol–water partition coefficient (Wildman–Crippen LogP) is -0.214. The molecule has 2 N–H and O–H groups in total. The van der Waals surface area contributed by atoms with E-state index in [0.29, 0.717) is 12.0 Å². The molecule has 1 atom stereocenters. The van der Waals surface area contributed by atoms with Crippen molar-refractivity contribution in [1.82, 2.24) is 0 Å². The van der Waals surface area contributed by atoms with Gasteiger partial charge < -0.3 is 19.7 Å². The second-order valence-electron chi connectivity index (χ2n) is 3.49. The molecule has 0 aromatic heterocycles. The van der Waals surface area contributed by atoms with Crippen LogP contribution in [0.3, 0.4) is 0 Å². The molecule has 0 fully saturated rings. The van der Waals surface area contributed by atoms with Crippen LogP contribution in [0.1, 0.15) is 6.42 Å². The summed E-state index contributed by atoms with van der Waals surface area (Å²) < 4.78 is 9.74. The molecule has 5 heteroatoms. The molecule has 5 nitrogen and oxygen atoms in total. The third-order valence-corrected chi connectivity index (χ3v) is 2.28. The number of aliphatic hydroxyl groups is 2. The average molecular weight is 228 g/mol. The summed E-state index contributed by atoms with van der Waals surface area (Å²) in [5.74, 6) is -0.445. The van der Waals surface area contributed by atoms with Gasteiger partial charge in [-0.05, 0) is 11.1 Å². The van der Waals surface area contributed by atoms with Crippen molar-refractivity contribution in [3.05, 3.63) is 23.3 Å². The molecule has 0 aliphatic heterocycles. The first kappa shape index (κ1) is 12.9. The third kappa shape index (κ3) is 3.77. The standard InChI is InChI=1S/C11H16O5/c1-15-11(14)7-16-10-3-8(5-12)2-9(4-10)6-13/h2-3,10,12-13H,4-7H2,1H3. The number of rotatable bonds is 5. The number of esters is 1. The van der Waals surface area contributed by atoms with Crippen LogP contribution in [0.2, 0.25) is 0 Å². The van der Waals surface area contributed by atoms with Gasteiger partial charge in [0.05, 0.1) is 26.4 Å². The third-order valence-electron chi connectivity index (χ3n) is 2.28. The SMILES string of the molecule is COC(=O)COC1C=C(CO)C=C(CO)C1. The molecule has 90 valence electrons. The fourth-order valence-corrected chi connectivity index (χ4v) is 1.47. The summed E-state index contributed by atoms with van der Waals surface area (Å²) in [6.45, 7) is -0.313. The summed E-state index contributed by atoms with van der Waals surface area (Å²) in [6.07, 6.45) is 3.70. The number of methoxy groups -OCH3 is 1. The Hall–Kier alpha value is -1.17. The van der Waals surface area contributed by atoms with Crippen molar-refractivity contribution in [3.63, 3.8) is 0 Å². The minimum Gasteiger partial charge on any atom is -0.467 e. The Morgan fingerprint density at radius 2 is 2.25 bits per heavy atom. The van der Waals surface area contributed by atoms with Crippen molar-refractivity contribution in [2.75, 3.05) is 26.9 Å². The topological polar surface area (TPSA) is 76.0 Å². The molecule has 0 aromatic rings. The highest BCUT2D eigenvalue weighted by atomic mass is 16.6. The van der Waals surface area contributed by atoms with Gasteiger partial charge in [-0.25, -0.2) is 4.79 Å². The molecule has 0 saturated carbocycles. The summed E-state index contributed by atoms with van der Waals surface area (Å²) in [5, 5.41) is 18.0. The molecule has 0 saturated heterocycles. The molecule has 0 amide bonds. The van der Waals surface area contributed by atoms with Crippen molar-refractivity contribution in [2.45, 2.75) is 12.5 Å². The number of carbonyl (C=O) groups is 1. The van der Waals surface area contributed by atoms with Gasteiger partial charge in [-0.2, -0.15) is 0 Å². The van der Waals surface area contributed by atoms with Crippen molar-refractivity contribution >= 4 is 5.97 Å². The number of hydrogen-bond donors (Lipinski definition) is 2. The maximum absolute atomic E-state index is 10.9. The first-order chi connectivity index (χ1) is 7.69. The lowest BCUT2D eigenvalue weighted by molar-refractivity contribution is -0.147. The van der Waals surface area contributed by atoms with E-state index < -0.39 is 5.97 Å². The van der Waals surface area contributed by atoms with Gasteiger partial charge in [-0.1, -0.05) is 12.2 Å². The summed E-state index contributed by atoms with van der Waals surface area (Å²) in [4.78, 5) is 10.9. The smallest absolute Gasteiger partial charge is 0.331 e. The van der Waals surface area contributed by atoms with Crippen LogP contribution < -0.4 is 0 Å². The Morgan fingerprint density at radius 1 is 1.50 bits per heavy atom. The molecular weight excluding hydrogens is 212 g/mol. The Morgan fingerprint density at radius 3 is 2.81 bits per heavy atom. The number of hydrogen-bond acceptors (Lipinski definition) is 5. The number of carbonyl (C=O) groups excluding carboxylic acids is 1. The summed E-state index contributed by atoms with van der Waals surface area (Å²) >= 11 is 0. The second kappa shape index (κ2) is 6.42. The van der Waals surface area contributed by atoms with Gasteiger partial charge in [0.1, 0.15) is 6.61 Å². The van der Waals surface area contributed by atoms with Gasteiger partial charge in [0.2, 0.25) is 0 Å². The Balaban J connectivity index is 2.53. The molecular formula is C11H16O5. The lowest BCUT2D eigenvalue weighted by atomic mass is 9.98. The summed E-state index contributed by atoms with van der Waals surface area (Å²) in [7, 11) is 1.29. The lowest BCUT2D eigenvalue weighted by Gasteiger charge is -2.20. The largest absolute Gasteiger partial charge is 0.467 e. The van der Waals surface area contributed by atoms with E-state index in [9.17, 15) is 4.79 Å². The van der Waals surface area contributed by atoms with Gasteiger partial charge in [0.15, 0.2) is 0 Å². The van der Waals surface area contributed by atoms with Gasteiger partial charge in [-0.3, -0.25) is 0 Å². The van der Waals surface area contributed by atoms with Gasteiger partial charge in [0.25, 0.3) is 0 Å². The maximum Gasteiger partial charge on any atom is 0.331 e. The van der Waals surface area contributed by atoms with E-state index >= 15 is 0 Å². The van der Waals surface area contributed by atoms with E-state index in [1.54, 1.807) is 12.2 Å². The number of ether oxygens (including phenoxy) is 2. The lowest BCUT2D eigenvalue weighted by Crippen LogP contribution is -2.21. The molecule has 1 rings (SSSR count). The highest BCUT2D eigenvalue weighted by Crippen LogP contribution is 2.19. The van der Waals surface area contributed by atoms with Crippen LogP contribution in [0.4, 0.5) is 0 Å². The van der Waals surface area contributed by atoms with Gasteiger partial charge >= 0.3 is 5.97 Å². The first-order valence-corrected chi connectivity index (χ1v) is 5.00. The van der Waals surface area contributed by atoms with Crippen molar-refractivity contribution in [3.8, 4) is 0 Å². The summed E-state index contributed by atoms with van der Waals surface area (Å²) in [6, 6.07) is 0. The molecule has 1 aliphatic carbocycles. The van der Waals surface area contributed by atoms with E-state index in [1.165, 1.54) is 7.11 Å². The Bertz CT molecular complexity index is 305. The van der Waals surface area contributed by atoms with Crippen LogP contribution in [0.15, 0.2) is 23.3 Å². The zero-order valence-electron chi connectivity index (χ0n) is 9.18. The van der Waals surface area contributed by atoms with Crippen LogP contribution in [0, 0.1) is 0 Å². The van der Waals surface area contributed by atoms with Crippen molar-refractivity contribution in [2.24, 2.45) is 0 Å². The fourth-order valence-electron chi connectivity index (χ4n) is 1.47.